The Hall–Kier alpha value is -4.58. The molecule has 14 nitrogen and oxygen atoms in total. The summed E-state index contributed by atoms with van der Waals surface area (Å²) in [5.74, 6) is 1.02. The molecule has 4 aromatic rings. The molecular formula is C40H54N6O8S2. The van der Waals surface area contributed by atoms with Gasteiger partial charge in [0, 0.05) is 23.3 Å². The maximum absolute atomic E-state index is 11.9. The van der Waals surface area contributed by atoms with Crippen LogP contribution >= 0.6 is 0 Å². The van der Waals surface area contributed by atoms with Crippen molar-refractivity contribution in [3.8, 4) is 11.5 Å². The van der Waals surface area contributed by atoms with Crippen molar-refractivity contribution in [2.24, 2.45) is 0 Å². The number of aliphatic hydroxyl groups excluding tert-OH is 2. The van der Waals surface area contributed by atoms with Gasteiger partial charge in [-0.05, 0) is 76.9 Å². The summed E-state index contributed by atoms with van der Waals surface area (Å²) in [6, 6.07) is 25.8. The number of rotatable bonds is 12. The molecule has 2 aliphatic heterocycles. The summed E-state index contributed by atoms with van der Waals surface area (Å²) >= 11 is 0. The maximum Gasteiger partial charge on any atom is 0.229 e. The first kappa shape index (κ1) is 42.6. The van der Waals surface area contributed by atoms with Crippen LogP contribution in [-0.4, -0.2) is 76.1 Å². The molecule has 0 saturated carbocycles. The molecule has 0 fully saturated rings. The van der Waals surface area contributed by atoms with E-state index in [1.165, 1.54) is 17.7 Å². The molecule has 10 N–H and O–H groups in total. The van der Waals surface area contributed by atoms with Gasteiger partial charge >= 0.3 is 0 Å². The Bertz CT molecular complexity index is 2200. The third-order valence-electron chi connectivity index (χ3n) is 9.67. The Balaban J connectivity index is 0.000000223. The average Bonchev–Trinajstić information content (AvgIpc) is 3.10. The molecule has 2 heterocycles. The highest BCUT2D eigenvalue weighted by Crippen LogP contribution is 2.45. The van der Waals surface area contributed by atoms with Gasteiger partial charge in [-0.3, -0.25) is 9.44 Å². The van der Waals surface area contributed by atoms with E-state index in [-0.39, 0.29) is 17.4 Å². The summed E-state index contributed by atoms with van der Waals surface area (Å²) < 4.78 is 64.0. The van der Waals surface area contributed by atoms with Crippen molar-refractivity contribution in [1.29, 1.82) is 0 Å². The summed E-state index contributed by atoms with van der Waals surface area (Å²) in [6.45, 7) is 8.51. The minimum Gasteiger partial charge on any atom is -0.485 e. The van der Waals surface area contributed by atoms with Crippen molar-refractivity contribution < 1.29 is 36.5 Å². The van der Waals surface area contributed by atoms with Crippen molar-refractivity contribution in [2.75, 3.05) is 46.5 Å². The molecule has 0 radical (unpaired) electrons. The van der Waals surface area contributed by atoms with E-state index in [1.54, 1.807) is 26.0 Å². The minimum atomic E-state index is -3.70. The number of fused-ring (bicyclic) bond motifs is 2. The van der Waals surface area contributed by atoms with Gasteiger partial charge in [0.05, 0.1) is 47.3 Å². The maximum atomic E-state index is 11.9. The molecule has 304 valence electrons. The van der Waals surface area contributed by atoms with Crippen LogP contribution in [0.25, 0.3) is 0 Å². The summed E-state index contributed by atoms with van der Waals surface area (Å²) in [5, 5.41) is 28.5. The van der Waals surface area contributed by atoms with Gasteiger partial charge in [0.2, 0.25) is 20.0 Å². The van der Waals surface area contributed by atoms with Crippen molar-refractivity contribution in [3.63, 3.8) is 0 Å². The second kappa shape index (κ2) is 16.9. The van der Waals surface area contributed by atoms with Crippen LogP contribution in [0.3, 0.4) is 0 Å². The van der Waals surface area contributed by atoms with Crippen molar-refractivity contribution in [3.05, 3.63) is 107 Å². The van der Waals surface area contributed by atoms with Crippen LogP contribution < -0.4 is 41.0 Å². The zero-order valence-electron chi connectivity index (χ0n) is 32.5. The van der Waals surface area contributed by atoms with Crippen LogP contribution in [-0.2, 0) is 32.9 Å². The van der Waals surface area contributed by atoms with Crippen LogP contribution in [0.4, 0.5) is 22.7 Å². The fraction of sp³-hybridized carbons (Fsp3) is 0.400. The largest absolute Gasteiger partial charge is 0.485 e. The van der Waals surface area contributed by atoms with E-state index in [0.717, 1.165) is 43.0 Å². The monoisotopic (exact) mass is 810 g/mol. The van der Waals surface area contributed by atoms with Crippen molar-refractivity contribution in [1.82, 2.24) is 10.6 Å². The standard InChI is InChI=1S/C21H29N3O6S2.C19H25N3O2/c1-21(2)20(25)19(22-11-10-14-8-6-5-7-9-14)15-12-16(23-31(3,26)27)17(13-18(15)30-21)24-32(4,28)29;1-19(2)18(23)17(22-9-8-12-6-4-3-5-7-12)13-10-14(20)15(21)11-16(13)24-19/h5-9,12-13,19-20,22-25H,10-11H2,1-4H3;3-7,10-11,17-18,22-23H,8-9,20-21H2,1-2H3/t19-,20+;17-,18+/m00/s1. The van der Waals surface area contributed by atoms with Gasteiger partial charge < -0.3 is 41.8 Å². The smallest absolute Gasteiger partial charge is 0.229 e. The summed E-state index contributed by atoms with van der Waals surface area (Å²) in [6.07, 6.45) is 1.92. The molecule has 0 aliphatic carbocycles. The highest BCUT2D eigenvalue weighted by Gasteiger charge is 2.44. The van der Waals surface area contributed by atoms with Gasteiger partial charge in [0.25, 0.3) is 0 Å². The predicted molar refractivity (Wildman–Crippen MR) is 222 cm³/mol. The van der Waals surface area contributed by atoms with Crippen molar-refractivity contribution >= 4 is 42.8 Å². The fourth-order valence-electron chi connectivity index (χ4n) is 6.76. The molecule has 4 atom stereocenters. The summed E-state index contributed by atoms with van der Waals surface area (Å²) in [5.41, 5.74) is 15.0. The first-order valence-electron chi connectivity index (χ1n) is 18.2. The Morgan fingerprint density at radius 1 is 0.607 bits per heavy atom. The number of nitrogens with two attached hydrogens (primary N) is 2. The fourth-order valence-corrected chi connectivity index (χ4v) is 7.90. The van der Waals surface area contributed by atoms with E-state index in [0.29, 0.717) is 35.0 Å². The summed E-state index contributed by atoms with van der Waals surface area (Å²) in [4.78, 5) is 0. The van der Waals surface area contributed by atoms with Gasteiger partial charge in [-0.2, -0.15) is 0 Å². The van der Waals surface area contributed by atoms with E-state index < -0.39 is 49.5 Å². The molecule has 0 saturated heterocycles. The molecule has 4 aromatic carbocycles. The molecular weight excluding hydrogens is 757 g/mol. The molecule has 56 heavy (non-hydrogen) atoms. The number of hydrogen-bond acceptors (Lipinski definition) is 12. The number of sulfonamides is 2. The summed E-state index contributed by atoms with van der Waals surface area (Å²) in [7, 11) is -7.38. The van der Waals surface area contributed by atoms with E-state index in [4.69, 9.17) is 20.9 Å². The van der Waals surface area contributed by atoms with E-state index in [2.05, 4.69) is 32.2 Å². The second-order valence-corrected chi connectivity index (χ2v) is 18.8. The molecule has 6 rings (SSSR count). The predicted octanol–water partition coefficient (Wildman–Crippen LogP) is 4.09. The lowest BCUT2D eigenvalue weighted by molar-refractivity contribution is -0.0643. The number of ether oxygens (including phenoxy) is 2. The van der Waals surface area contributed by atoms with Gasteiger partial charge in [-0.25, -0.2) is 16.8 Å². The second-order valence-electron chi connectivity index (χ2n) is 15.3. The Kier molecular flexibility index (Phi) is 12.8. The van der Waals surface area contributed by atoms with E-state index in [1.807, 2.05) is 62.4 Å². The van der Waals surface area contributed by atoms with Crippen LogP contribution in [0.15, 0.2) is 84.9 Å². The Morgan fingerprint density at radius 2 is 0.982 bits per heavy atom. The first-order valence-corrected chi connectivity index (χ1v) is 22.0. The van der Waals surface area contributed by atoms with E-state index >= 15 is 0 Å². The van der Waals surface area contributed by atoms with Crippen LogP contribution in [0.1, 0.15) is 62.0 Å². The third-order valence-corrected chi connectivity index (χ3v) is 10.9. The molecule has 16 heteroatoms. The molecule has 0 aromatic heterocycles. The number of benzene rings is 4. The number of nitrogen functional groups attached to an aromatic ring is 2. The lowest BCUT2D eigenvalue weighted by atomic mass is 9.86. The first-order chi connectivity index (χ1) is 26.1. The normalized spacial score (nSPS) is 20.9. The van der Waals surface area contributed by atoms with Gasteiger partial charge in [0.15, 0.2) is 0 Å². The highest BCUT2D eigenvalue weighted by molar-refractivity contribution is 7.92. The zero-order valence-corrected chi connectivity index (χ0v) is 34.2. The van der Waals surface area contributed by atoms with Crippen molar-refractivity contribution in [2.45, 2.75) is 76.0 Å². The average molecular weight is 811 g/mol. The highest BCUT2D eigenvalue weighted by atomic mass is 32.2. The van der Waals surface area contributed by atoms with Gasteiger partial charge in [-0.15, -0.1) is 0 Å². The lowest BCUT2D eigenvalue weighted by Gasteiger charge is -2.43. The quantitative estimate of drug-likeness (QED) is 0.0948. The Labute approximate surface area is 330 Å². The third kappa shape index (κ3) is 10.8. The van der Waals surface area contributed by atoms with Crippen LogP contribution in [0.2, 0.25) is 0 Å². The number of nitrogens with one attached hydrogen (secondary N) is 4. The minimum absolute atomic E-state index is 0.0342. The van der Waals surface area contributed by atoms with Gasteiger partial charge in [0.1, 0.15) is 34.9 Å². The zero-order chi connectivity index (χ0) is 41.1. The molecule has 0 bridgehead atoms. The van der Waals surface area contributed by atoms with Crippen LogP contribution in [0.5, 0.6) is 11.5 Å². The topological polar surface area (TPSA) is 227 Å². The lowest BCUT2D eigenvalue weighted by Crippen LogP contribution is -2.52. The number of aliphatic hydroxyl groups is 2. The molecule has 0 amide bonds. The molecule has 0 unspecified atom stereocenters. The molecule has 2 aliphatic rings. The number of anilines is 4. The number of hydrogen-bond donors (Lipinski definition) is 8. The van der Waals surface area contributed by atoms with E-state index in [9.17, 15) is 27.0 Å². The van der Waals surface area contributed by atoms with Crippen LogP contribution in [0, 0.1) is 0 Å². The van der Waals surface area contributed by atoms with Gasteiger partial charge in [-0.1, -0.05) is 60.7 Å². The molecule has 0 spiro atoms. The Morgan fingerprint density at radius 3 is 1.41 bits per heavy atom. The SMILES string of the molecule is CC1(C)Oc2cc(N)c(N)cc2[C@H](NCCc2ccccc2)[C@H]1O.CC1(C)Oc2cc(NS(C)(=O)=O)c(NS(C)(=O)=O)cc2[C@H](NCCc2ccccc2)[C@H]1O.